The number of ether oxygens (including phenoxy) is 2. The van der Waals surface area contributed by atoms with Gasteiger partial charge in [0.05, 0.1) is 30.1 Å². The van der Waals surface area contributed by atoms with Crippen LogP contribution in [0.5, 0.6) is 0 Å². The molecule has 1 fully saturated rings. The highest BCUT2D eigenvalue weighted by atomic mass is 16.6. The Hall–Kier alpha value is -2.44. The van der Waals surface area contributed by atoms with E-state index in [1.165, 1.54) is 7.11 Å². The highest BCUT2D eigenvalue weighted by molar-refractivity contribution is 5.91. The average Bonchev–Trinajstić information content (AvgIpc) is 2.45. The average molecular weight is 335 g/mol. The van der Waals surface area contributed by atoms with Crippen LogP contribution in [-0.2, 0) is 9.47 Å². The number of carbonyl (C=O) groups is 2. The predicted octanol–water partition coefficient (Wildman–Crippen LogP) is 2.48. The molecule has 2 rings (SSSR count). The minimum absolute atomic E-state index is 0.0426. The number of hydrogen-bond acceptors (Lipinski definition) is 6. The van der Waals surface area contributed by atoms with Gasteiger partial charge in [0, 0.05) is 13.1 Å². The number of esters is 1. The molecule has 1 saturated heterocycles. The summed E-state index contributed by atoms with van der Waals surface area (Å²) in [5.41, 5.74) is 7.03. The van der Waals surface area contributed by atoms with E-state index in [1.54, 1.807) is 23.1 Å². The van der Waals surface area contributed by atoms with Crippen LogP contribution in [0.1, 0.15) is 37.6 Å². The summed E-state index contributed by atoms with van der Waals surface area (Å²) in [5.74, 6) is -0.419. The monoisotopic (exact) mass is 335 g/mol. The molecule has 7 nitrogen and oxygen atoms in total. The summed E-state index contributed by atoms with van der Waals surface area (Å²) in [7, 11) is 1.33. The van der Waals surface area contributed by atoms with Crippen LogP contribution < -0.4 is 11.1 Å². The largest absolute Gasteiger partial charge is 0.465 e. The SMILES string of the molecule is COC(=O)c1ccc(N)c(NC[C@@H]2CCN2C(=O)OC(C)(C)C)c1. The van der Waals surface area contributed by atoms with E-state index >= 15 is 0 Å². The number of hydrogen-bond donors (Lipinski definition) is 2. The lowest BCUT2D eigenvalue weighted by molar-refractivity contribution is -0.00275. The Morgan fingerprint density at radius 3 is 2.62 bits per heavy atom. The van der Waals surface area contributed by atoms with Crippen molar-refractivity contribution in [3.05, 3.63) is 23.8 Å². The van der Waals surface area contributed by atoms with Gasteiger partial charge < -0.3 is 25.4 Å². The first-order valence-electron chi connectivity index (χ1n) is 7.92. The van der Waals surface area contributed by atoms with Crippen molar-refractivity contribution in [1.82, 2.24) is 4.90 Å². The summed E-state index contributed by atoms with van der Waals surface area (Å²) in [6, 6.07) is 4.96. The number of nitrogens with one attached hydrogen (secondary N) is 1. The van der Waals surface area contributed by atoms with Crippen LogP contribution in [0.4, 0.5) is 16.2 Å². The number of benzene rings is 1. The summed E-state index contributed by atoms with van der Waals surface area (Å²) < 4.78 is 10.1. The quantitative estimate of drug-likeness (QED) is 0.648. The van der Waals surface area contributed by atoms with Crippen molar-refractivity contribution in [2.24, 2.45) is 0 Å². The summed E-state index contributed by atoms with van der Waals surface area (Å²) in [6.07, 6.45) is 0.583. The van der Waals surface area contributed by atoms with E-state index in [9.17, 15) is 9.59 Å². The van der Waals surface area contributed by atoms with E-state index in [1.807, 2.05) is 20.8 Å². The van der Waals surface area contributed by atoms with Crippen molar-refractivity contribution in [1.29, 1.82) is 0 Å². The zero-order chi connectivity index (χ0) is 17.9. The van der Waals surface area contributed by atoms with Gasteiger partial charge in [0.15, 0.2) is 0 Å². The van der Waals surface area contributed by atoms with Crippen LogP contribution in [-0.4, -0.2) is 48.8 Å². The highest BCUT2D eigenvalue weighted by Crippen LogP contribution is 2.24. The lowest BCUT2D eigenvalue weighted by Gasteiger charge is -2.41. The Balaban J connectivity index is 1.96. The number of nitrogen functional groups attached to an aromatic ring is 1. The maximum atomic E-state index is 12.1. The molecule has 1 atom stereocenters. The molecule has 1 aliphatic heterocycles. The molecule has 0 spiro atoms. The molecule has 1 amide bonds. The van der Waals surface area contributed by atoms with Gasteiger partial charge in [-0.05, 0) is 45.4 Å². The van der Waals surface area contributed by atoms with Gasteiger partial charge in [-0.1, -0.05) is 0 Å². The number of likely N-dealkylation sites (tertiary alicyclic amines) is 1. The molecule has 1 aromatic carbocycles. The smallest absolute Gasteiger partial charge is 0.410 e. The van der Waals surface area contributed by atoms with Crippen LogP contribution in [0.25, 0.3) is 0 Å². The van der Waals surface area contributed by atoms with E-state index in [-0.39, 0.29) is 12.1 Å². The Morgan fingerprint density at radius 2 is 2.08 bits per heavy atom. The Morgan fingerprint density at radius 1 is 1.38 bits per heavy atom. The number of methoxy groups -OCH3 is 1. The van der Waals surface area contributed by atoms with Gasteiger partial charge in [0.25, 0.3) is 0 Å². The molecule has 0 bridgehead atoms. The van der Waals surface area contributed by atoms with Gasteiger partial charge in [-0.15, -0.1) is 0 Å². The fourth-order valence-corrected chi connectivity index (χ4v) is 2.40. The lowest BCUT2D eigenvalue weighted by atomic mass is 10.0. The number of anilines is 2. The normalized spacial score (nSPS) is 17.0. The topological polar surface area (TPSA) is 93.9 Å². The van der Waals surface area contributed by atoms with Gasteiger partial charge in [0.1, 0.15) is 5.60 Å². The van der Waals surface area contributed by atoms with Gasteiger partial charge in [-0.25, -0.2) is 9.59 Å². The number of nitrogens with zero attached hydrogens (tertiary/aromatic N) is 1. The Labute approximate surface area is 142 Å². The van der Waals surface area contributed by atoms with Crippen molar-refractivity contribution >= 4 is 23.4 Å². The van der Waals surface area contributed by atoms with Crippen molar-refractivity contribution in [2.45, 2.75) is 38.8 Å². The molecule has 0 aromatic heterocycles. The number of amides is 1. The minimum Gasteiger partial charge on any atom is -0.465 e. The predicted molar refractivity (Wildman–Crippen MR) is 92.0 cm³/mol. The highest BCUT2D eigenvalue weighted by Gasteiger charge is 2.35. The Kier molecular flexibility index (Phi) is 5.21. The van der Waals surface area contributed by atoms with E-state index in [2.05, 4.69) is 5.32 Å². The third kappa shape index (κ3) is 4.31. The van der Waals surface area contributed by atoms with E-state index in [0.717, 1.165) is 6.42 Å². The lowest BCUT2D eigenvalue weighted by Crippen LogP contribution is -2.55. The van der Waals surface area contributed by atoms with Gasteiger partial charge >= 0.3 is 12.1 Å². The van der Waals surface area contributed by atoms with E-state index in [0.29, 0.717) is 30.0 Å². The first-order valence-corrected chi connectivity index (χ1v) is 7.92. The summed E-state index contributed by atoms with van der Waals surface area (Å²) >= 11 is 0. The molecule has 3 N–H and O–H groups in total. The molecule has 132 valence electrons. The summed E-state index contributed by atoms with van der Waals surface area (Å²) in [6.45, 7) is 6.75. The standard InChI is InChI=1S/C17H25N3O4/c1-17(2,3)24-16(22)20-8-7-12(20)10-19-14-9-11(15(21)23-4)5-6-13(14)18/h5-6,9,12,19H,7-8,10,18H2,1-4H3/t12-/m0/s1. The molecule has 0 saturated carbocycles. The first kappa shape index (κ1) is 17.9. The maximum absolute atomic E-state index is 12.1. The molecule has 1 aliphatic rings. The fourth-order valence-electron chi connectivity index (χ4n) is 2.40. The van der Waals surface area contributed by atoms with Crippen molar-refractivity contribution < 1.29 is 19.1 Å². The van der Waals surface area contributed by atoms with Gasteiger partial charge in [0.2, 0.25) is 0 Å². The summed E-state index contributed by atoms with van der Waals surface area (Å²) in [5, 5.41) is 3.20. The fraction of sp³-hybridized carbons (Fsp3) is 0.529. The molecule has 1 heterocycles. The molecule has 0 aliphatic carbocycles. The number of nitrogens with two attached hydrogens (primary N) is 1. The molecular weight excluding hydrogens is 310 g/mol. The van der Waals surface area contributed by atoms with Crippen LogP contribution in [0.3, 0.4) is 0 Å². The molecule has 0 unspecified atom stereocenters. The first-order chi connectivity index (χ1) is 11.2. The minimum atomic E-state index is -0.510. The van der Waals surface area contributed by atoms with E-state index in [4.69, 9.17) is 15.2 Å². The van der Waals surface area contributed by atoms with Crippen LogP contribution >= 0.6 is 0 Å². The second-order valence-corrected chi connectivity index (χ2v) is 6.79. The van der Waals surface area contributed by atoms with Crippen LogP contribution in [0.15, 0.2) is 18.2 Å². The van der Waals surface area contributed by atoms with Crippen LogP contribution in [0, 0.1) is 0 Å². The maximum Gasteiger partial charge on any atom is 0.410 e. The molecule has 0 radical (unpaired) electrons. The third-order valence-corrected chi connectivity index (χ3v) is 3.77. The molecule has 7 heteroatoms. The zero-order valence-corrected chi connectivity index (χ0v) is 14.6. The van der Waals surface area contributed by atoms with Gasteiger partial charge in [-0.3, -0.25) is 0 Å². The summed E-state index contributed by atoms with van der Waals surface area (Å²) in [4.78, 5) is 25.4. The zero-order valence-electron chi connectivity index (χ0n) is 14.6. The van der Waals surface area contributed by atoms with Crippen molar-refractivity contribution in [3.63, 3.8) is 0 Å². The molecule has 24 heavy (non-hydrogen) atoms. The second-order valence-electron chi connectivity index (χ2n) is 6.79. The van der Waals surface area contributed by atoms with Gasteiger partial charge in [-0.2, -0.15) is 0 Å². The van der Waals surface area contributed by atoms with Crippen molar-refractivity contribution in [2.75, 3.05) is 31.2 Å². The molecule has 1 aromatic rings. The van der Waals surface area contributed by atoms with Crippen LogP contribution in [0.2, 0.25) is 0 Å². The third-order valence-electron chi connectivity index (χ3n) is 3.77. The number of rotatable bonds is 4. The van der Waals surface area contributed by atoms with E-state index < -0.39 is 11.6 Å². The van der Waals surface area contributed by atoms with Crippen molar-refractivity contribution in [3.8, 4) is 0 Å². The molecular formula is C17H25N3O4. The number of carbonyl (C=O) groups excluding carboxylic acids is 2. The Bertz CT molecular complexity index is 625. The second kappa shape index (κ2) is 6.98.